The van der Waals surface area contributed by atoms with Crippen molar-refractivity contribution in [3.05, 3.63) is 55.5 Å². The van der Waals surface area contributed by atoms with Crippen molar-refractivity contribution in [1.82, 2.24) is 14.5 Å². The van der Waals surface area contributed by atoms with E-state index in [4.69, 9.17) is 19.9 Å². The van der Waals surface area contributed by atoms with E-state index in [9.17, 15) is 29.9 Å². The van der Waals surface area contributed by atoms with Crippen LogP contribution in [-0.4, -0.2) is 61.4 Å². The van der Waals surface area contributed by atoms with Gasteiger partial charge in [-0.2, -0.15) is 4.98 Å². The fourth-order valence-electron chi connectivity index (χ4n) is 5.22. The molecule has 2 aromatic heterocycles. The summed E-state index contributed by atoms with van der Waals surface area (Å²) in [7, 11) is 1.43. The highest BCUT2D eigenvalue weighted by Crippen LogP contribution is 2.43. The first-order valence-electron chi connectivity index (χ1n) is 14.0. The average Bonchev–Trinajstić information content (AvgIpc) is 3.50. The fourth-order valence-corrected chi connectivity index (χ4v) is 5.22. The smallest absolute Gasteiger partial charge is 0.276 e. The van der Waals surface area contributed by atoms with Crippen molar-refractivity contribution in [1.29, 1.82) is 0 Å². The number of nitrogens with two attached hydrogens (primary N) is 1. The zero-order chi connectivity index (χ0) is 32.3. The van der Waals surface area contributed by atoms with Gasteiger partial charge in [0, 0.05) is 37.1 Å². The molecule has 1 saturated heterocycles. The summed E-state index contributed by atoms with van der Waals surface area (Å²) in [4.78, 5) is 42.8. The number of aliphatic hydroxyl groups excluding tert-OH is 2. The van der Waals surface area contributed by atoms with Crippen LogP contribution in [0.4, 0.5) is 11.6 Å². The number of aromatic nitrogens is 3. The van der Waals surface area contributed by atoms with E-state index in [0.29, 0.717) is 23.3 Å². The second kappa shape index (κ2) is 13.1. The number of Topliss-reactive ketones (excluding diaryl/α,β-unsaturated/α-hetero) is 1. The van der Waals surface area contributed by atoms with Crippen LogP contribution >= 0.6 is 0 Å². The topological polar surface area (TPSA) is 205 Å². The third-order valence-corrected chi connectivity index (χ3v) is 7.32. The number of nitro benzene ring substituents is 1. The third-order valence-electron chi connectivity index (χ3n) is 7.32. The normalized spacial score (nSPS) is 19.0. The molecular formula is C30H37N5O9. The lowest BCUT2D eigenvalue weighted by molar-refractivity contribution is -0.386. The van der Waals surface area contributed by atoms with E-state index in [1.54, 1.807) is 10.8 Å². The number of hydrogen-bond donors (Lipinski definition) is 4. The van der Waals surface area contributed by atoms with E-state index in [1.807, 2.05) is 20.8 Å². The predicted octanol–water partition coefficient (Wildman–Crippen LogP) is 2.89. The van der Waals surface area contributed by atoms with E-state index in [0.717, 1.165) is 0 Å². The first-order chi connectivity index (χ1) is 20.7. The van der Waals surface area contributed by atoms with Gasteiger partial charge >= 0.3 is 0 Å². The number of ketones is 1. The second-order valence-corrected chi connectivity index (χ2v) is 11.8. The monoisotopic (exact) mass is 611 g/mol. The molecule has 0 bridgehead atoms. The number of H-pyrrole nitrogens is 1. The minimum atomic E-state index is -0.927. The zero-order valence-electron chi connectivity index (χ0n) is 25.2. The van der Waals surface area contributed by atoms with E-state index in [-0.39, 0.29) is 60.1 Å². The minimum Gasteiger partial charge on any atom is -0.495 e. The lowest BCUT2D eigenvalue weighted by Gasteiger charge is -2.31. The highest BCUT2D eigenvalue weighted by Gasteiger charge is 2.37. The van der Waals surface area contributed by atoms with E-state index < -0.39 is 40.4 Å². The van der Waals surface area contributed by atoms with Gasteiger partial charge in [-0.1, -0.05) is 32.6 Å². The van der Waals surface area contributed by atoms with Crippen LogP contribution in [0.2, 0.25) is 0 Å². The van der Waals surface area contributed by atoms with Gasteiger partial charge in [-0.05, 0) is 18.4 Å². The first-order valence-corrected chi connectivity index (χ1v) is 14.0. The largest absolute Gasteiger partial charge is 0.495 e. The van der Waals surface area contributed by atoms with Crippen molar-refractivity contribution in [3.8, 4) is 17.6 Å². The van der Waals surface area contributed by atoms with Crippen LogP contribution in [0, 0.1) is 27.4 Å². The molecule has 0 amide bonds. The number of aromatic amines is 1. The maximum Gasteiger partial charge on any atom is 0.276 e. The Bertz CT molecular complexity index is 1680. The lowest BCUT2D eigenvalue weighted by atomic mass is 9.83. The summed E-state index contributed by atoms with van der Waals surface area (Å²) in [6.07, 6.45) is -0.989. The molecule has 44 heavy (non-hydrogen) atoms. The number of nitrogens with one attached hydrogen (secondary N) is 1. The van der Waals surface area contributed by atoms with Gasteiger partial charge in [0.2, 0.25) is 5.95 Å². The summed E-state index contributed by atoms with van der Waals surface area (Å²) >= 11 is 0. The molecule has 0 aliphatic carbocycles. The second-order valence-electron chi connectivity index (χ2n) is 11.8. The standard InChI is InChI=1S/C30H37N5O9/c1-16(37)8-6-7-9-17-10-20(35(40)41)19(11-22(17)42-5)26(30(2,3)4)43-15-18-13-34(24-12-21(38)23(14-36)44-24)27-25(18)28(39)33-29(31)32-27/h10-11,13,21,23-24,26,36,38H,6,8,12,14-15H2,1-5H3,(H3,31,32,33,39)/t21?,23-,24-,26-/m1/s1. The van der Waals surface area contributed by atoms with Crippen LogP contribution in [0.1, 0.15) is 76.0 Å². The number of hydrogen-bond acceptors (Lipinski definition) is 11. The molecule has 4 atom stereocenters. The highest BCUT2D eigenvalue weighted by molar-refractivity contribution is 5.80. The Balaban J connectivity index is 1.75. The van der Waals surface area contributed by atoms with Crippen molar-refractivity contribution in [2.75, 3.05) is 19.5 Å². The van der Waals surface area contributed by atoms with Crippen molar-refractivity contribution < 1.29 is 34.1 Å². The molecule has 236 valence electrons. The van der Waals surface area contributed by atoms with Gasteiger partial charge in [-0.3, -0.25) is 24.7 Å². The van der Waals surface area contributed by atoms with Crippen LogP contribution in [0.5, 0.6) is 5.75 Å². The van der Waals surface area contributed by atoms with Gasteiger partial charge < -0.3 is 34.7 Å². The number of aliphatic hydroxyl groups is 2. The molecule has 14 heteroatoms. The molecule has 1 aliphatic rings. The summed E-state index contributed by atoms with van der Waals surface area (Å²) in [5, 5.41) is 32.3. The van der Waals surface area contributed by atoms with Crippen LogP contribution in [0.25, 0.3) is 11.0 Å². The van der Waals surface area contributed by atoms with Gasteiger partial charge in [-0.15, -0.1) is 0 Å². The number of carbonyl (C=O) groups is 1. The Morgan fingerprint density at radius 3 is 2.70 bits per heavy atom. The van der Waals surface area contributed by atoms with Crippen molar-refractivity contribution in [2.45, 2.75) is 78.1 Å². The number of rotatable bonds is 10. The first kappa shape index (κ1) is 32.6. The number of methoxy groups -OCH3 is 1. The van der Waals surface area contributed by atoms with Crippen LogP contribution in [0.15, 0.2) is 23.1 Å². The minimum absolute atomic E-state index is 0.00941. The summed E-state index contributed by atoms with van der Waals surface area (Å²) in [5.41, 5.74) is 5.60. The summed E-state index contributed by atoms with van der Waals surface area (Å²) < 4.78 is 19.3. The number of nitrogen functional groups attached to an aromatic ring is 1. The predicted molar refractivity (Wildman–Crippen MR) is 160 cm³/mol. The number of nitro groups is 1. The zero-order valence-corrected chi connectivity index (χ0v) is 25.2. The number of carbonyl (C=O) groups excluding carboxylic acids is 1. The number of anilines is 1. The molecule has 4 rings (SSSR count). The van der Waals surface area contributed by atoms with Crippen molar-refractivity contribution >= 4 is 28.5 Å². The molecule has 0 radical (unpaired) electrons. The highest BCUT2D eigenvalue weighted by atomic mass is 16.6. The molecule has 14 nitrogen and oxygen atoms in total. The van der Waals surface area contributed by atoms with Crippen LogP contribution in [0.3, 0.4) is 0 Å². The maximum atomic E-state index is 13.0. The van der Waals surface area contributed by atoms with E-state index >= 15 is 0 Å². The molecule has 5 N–H and O–H groups in total. The fraction of sp³-hybridized carbons (Fsp3) is 0.500. The number of nitrogens with zero attached hydrogens (tertiary/aromatic N) is 3. The molecular weight excluding hydrogens is 574 g/mol. The van der Waals surface area contributed by atoms with Gasteiger partial charge in [-0.25, -0.2) is 0 Å². The Hall–Kier alpha value is -4.29. The maximum absolute atomic E-state index is 13.0. The van der Waals surface area contributed by atoms with Gasteiger partial charge in [0.25, 0.3) is 11.2 Å². The quantitative estimate of drug-likeness (QED) is 0.149. The average molecular weight is 612 g/mol. The van der Waals surface area contributed by atoms with Gasteiger partial charge in [0.05, 0.1) is 54.0 Å². The van der Waals surface area contributed by atoms with E-state index in [2.05, 4.69) is 21.8 Å². The van der Waals surface area contributed by atoms with Crippen molar-refractivity contribution in [3.63, 3.8) is 0 Å². The molecule has 0 spiro atoms. The number of ether oxygens (including phenoxy) is 3. The molecule has 3 aromatic rings. The summed E-state index contributed by atoms with van der Waals surface area (Å²) in [6.45, 7) is 6.53. The van der Waals surface area contributed by atoms with Gasteiger partial charge in [0.15, 0.2) is 5.65 Å². The molecule has 1 fully saturated rings. The Morgan fingerprint density at radius 2 is 2.11 bits per heavy atom. The molecule has 1 aliphatic heterocycles. The van der Waals surface area contributed by atoms with Crippen LogP contribution < -0.4 is 16.0 Å². The third kappa shape index (κ3) is 6.92. The Morgan fingerprint density at radius 1 is 1.39 bits per heavy atom. The number of fused-ring (bicyclic) bond motifs is 1. The Labute approximate surface area is 253 Å². The molecule has 1 unspecified atom stereocenters. The van der Waals surface area contributed by atoms with Gasteiger partial charge in [0.1, 0.15) is 23.9 Å². The molecule has 1 aromatic carbocycles. The Kier molecular flexibility index (Phi) is 9.75. The SMILES string of the molecule is COc1cc([C@@H](OCc2cn([C@H]3CC(O)[C@@H](CO)O3)c3nc(N)[nH]c(=O)c23)C(C)(C)C)c([N+](=O)[O-])cc1C#CCCC(C)=O. The number of benzene rings is 1. The summed E-state index contributed by atoms with van der Waals surface area (Å²) in [5.74, 6) is 5.92. The summed E-state index contributed by atoms with van der Waals surface area (Å²) in [6, 6.07) is 2.87. The lowest BCUT2D eigenvalue weighted by Crippen LogP contribution is -2.24. The van der Waals surface area contributed by atoms with E-state index in [1.165, 1.54) is 26.2 Å². The molecule has 0 saturated carbocycles. The molecule has 3 heterocycles. The van der Waals surface area contributed by atoms with Crippen LogP contribution in [-0.2, 0) is 20.9 Å². The van der Waals surface area contributed by atoms with Crippen molar-refractivity contribution in [2.24, 2.45) is 5.41 Å².